The van der Waals surface area contributed by atoms with Crippen LogP contribution in [0.15, 0.2) is 48.7 Å². The van der Waals surface area contributed by atoms with Crippen LogP contribution in [0.4, 0.5) is 4.39 Å². The number of halogens is 1. The lowest BCUT2D eigenvalue weighted by Gasteiger charge is -2.06. The quantitative estimate of drug-likeness (QED) is 0.573. The molecule has 0 fully saturated rings. The Balaban J connectivity index is 1.93. The normalized spacial score (nSPS) is 10.8. The second kappa shape index (κ2) is 5.34. The summed E-state index contributed by atoms with van der Waals surface area (Å²) in [6.07, 6.45) is 1.85. The monoisotopic (exact) mass is 285 g/mol. The topological polar surface area (TPSA) is 67.2 Å². The molecule has 2 aromatic heterocycles. The highest BCUT2D eigenvalue weighted by atomic mass is 19.1. The largest absolute Gasteiger partial charge is 0.342 e. The maximum absolute atomic E-state index is 12.9. The van der Waals surface area contributed by atoms with E-state index >= 15 is 0 Å². The van der Waals surface area contributed by atoms with Gasteiger partial charge in [0, 0.05) is 12.7 Å². The van der Waals surface area contributed by atoms with Gasteiger partial charge in [0.25, 0.3) is 5.91 Å². The smallest absolute Gasteiger partial charge is 0.293 e. The van der Waals surface area contributed by atoms with Crippen molar-refractivity contribution >= 4 is 16.9 Å². The molecule has 1 amide bonds. The minimum atomic E-state index is -0.650. The van der Waals surface area contributed by atoms with Crippen molar-refractivity contribution < 1.29 is 14.4 Å². The van der Waals surface area contributed by atoms with Crippen LogP contribution in [0.3, 0.4) is 0 Å². The molecule has 0 atom stereocenters. The maximum atomic E-state index is 12.9. The van der Waals surface area contributed by atoms with E-state index in [4.69, 9.17) is 5.21 Å². The van der Waals surface area contributed by atoms with Gasteiger partial charge in [0.15, 0.2) is 0 Å². The fourth-order valence-corrected chi connectivity index (χ4v) is 2.18. The zero-order valence-corrected chi connectivity index (χ0v) is 11.0. The van der Waals surface area contributed by atoms with Crippen molar-refractivity contribution in [2.75, 3.05) is 0 Å². The van der Waals surface area contributed by atoms with Crippen LogP contribution < -0.4 is 5.48 Å². The molecule has 0 aliphatic carbocycles. The van der Waals surface area contributed by atoms with Crippen molar-refractivity contribution in [2.24, 2.45) is 0 Å². The Morgan fingerprint density at radius 3 is 2.67 bits per heavy atom. The van der Waals surface area contributed by atoms with Gasteiger partial charge < -0.3 is 4.57 Å². The van der Waals surface area contributed by atoms with Crippen LogP contribution in [0.2, 0.25) is 0 Å². The van der Waals surface area contributed by atoms with E-state index < -0.39 is 5.91 Å². The summed E-state index contributed by atoms with van der Waals surface area (Å²) in [5.41, 5.74) is 4.17. The van der Waals surface area contributed by atoms with Gasteiger partial charge in [0.05, 0.1) is 11.0 Å². The lowest BCUT2D eigenvalue weighted by Crippen LogP contribution is -2.19. The summed E-state index contributed by atoms with van der Waals surface area (Å²) in [6.45, 7) is 0.580. The van der Waals surface area contributed by atoms with Crippen molar-refractivity contribution in [1.29, 1.82) is 0 Å². The number of pyridine rings is 1. The molecule has 0 saturated heterocycles. The predicted molar refractivity (Wildman–Crippen MR) is 74.5 cm³/mol. The SMILES string of the molecule is O=C(NO)c1ccc2c(ccn2Cc2ccc(F)cc2)n1. The van der Waals surface area contributed by atoms with Crippen LogP contribution in [0.1, 0.15) is 16.1 Å². The van der Waals surface area contributed by atoms with Gasteiger partial charge in [-0.2, -0.15) is 0 Å². The third-order valence-electron chi connectivity index (χ3n) is 3.22. The lowest BCUT2D eigenvalue weighted by atomic mass is 10.2. The summed E-state index contributed by atoms with van der Waals surface area (Å²) < 4.78 is 14.9. The summed E-state index contributed by atoms with van der Waals surface area (Å²) in [5.74, 6) is -0.916. The van der Waals surface area contributed by atoms with Gasteiger partial charge in [-0.3, -0.25) is 10.0 Å². The van der Waals surface area contributed by atoms with Crippen molar-refractivity contribution in [2.45, 2.75) is 6.54 Å². The van der Waals surface area contributed by atoms with Gasteiger partial charge >= 0.3 is 0 Å². The number of nitrogens with one attached hydrogen (secondary N) is 1. The zero-order chi connectivity index (χ0) is 14.8. The molecule has 1 aromatic carbocycles. The third-order valence-corrected chi connectivity index (χ3v) is 3.22. The first-order valence-electron chi connectivity index (χ1n) is 6.32. The summed E-state index contributed by atoms with van der Waals surface area (Å²) in [6, 6.07) is 11.4. The number of hydroxylamine groups is 1. The lowest BCUT2D eigenvalue weighted by molar-refractivity contribution is 0.0701. The number of benzene rings is 1. The predicted octanol–water partition coefficient (Wildman–Crippen LogP) is 2.34. The highest BCUT2D eigenvalue weighted by Gasteiger charge is 2.09. The van der Waals surface area contributed by atoms with Crippen molar-refractivity contribution in [3.8, 4) is 0 Å². The number of carbonyl (C=O) groups is 1. The number of hydrogen-bond donors (Lipinski definition) is 2. The molecule has 0 aliphatic heterocycles. The molecule has 0 radical (unpaired) electrons. The van der Waals surface area contributed by atoms with E-state index in [1.54, 1.807) is 29.7 Å². The van der Waals surface area contributed by atoms with Gasteiger partial charge in [0.1, 0.15) is 11.5 Å². The molecular weight excluding hydrogens is 273 g/mol. The van der Waals surface area contributed by atoms with E-state index in [2.05, 4.69) is 4.98 Å². The van der Waals surface area contributed by atoms with Gasteiger partial charge in [0.2, 0.25) is 0 Å². The Kier molecular flexibility index (Phi) is 3.37. The second-order valence-electron chi connectivity index (χ2n) is 4.61. The number of hydrogen-bond acceptors (Lipinski definition) is 3. The molecule has 0 aliphatic rings. The van der Waals surface area contributed by atoms with Gasteiger partial charge in [-0.05, 0) is 35.9 Å². The number of nitrogens with zero attached hydrogens (tertiary/aromatic N) is 2. The van der Waals surface area contributed by atoms with Crippen LogP contribution in [0, 0.1) is 5.82 Å². The molecule has 0 spiro atoms. The third kappa shape index (κ3) is 2.61. The summed E-state index contributed by atoms with van der Waals surface area (Å²) >= 11 is 0. The Hall–Kier alpha value is -2.73. The highest BCUT2D eigenvalue weighted by molar-refractivity contribution is 5.93. The Labute approximate surface area is 119 Å². The second-order valence-corrected chi connectivity index (χ2v) is 4.61. The van der Waals surface area contributed by atoms with Crippen LogP contribution in [-0.2, 0) is 6.54 Å². The number of aromatic nitrogens is 2. The molecule has 3 aromatic rings. The molecular formula is C15H12FN3O2. The summed E-state index contributed by atoms with van der Waals surface area (Å²) in [5, 5.41) is 8.61. The first-order valence-corrected chi connectivity index (χ1v) is 6.32. The summed E-state index contributed by atoms with van der Waals surface area (Å²) in [7, 11) is 0. The number of amides is 1. The Morgan fingerprint density at radius 1 is 1.19 bits per heavy atom. The first kappa shape index (κ1) is 13.3. The molecule has 106 valence electrons. The van der Waals surface area contributed by atoms with Crippen LogP contribution >= 0.6 is 0 Å². The van der Waals surface area contributed by atoms with E-state index in [0.29, 0.717) is 12.1 Å². The number of rotatable bonds is 3. The molecule has 2 heterocycles. The van der Waals surface area contributed by atoms with Crippen molar-refractivity contribution in [3.63, 3.8) is 0 Å². The van der Waals surface area contributed by atoms with Crippen LogP contribution in [0.5, 0.6) is 0 Å². The van der Waals surface area contributed by atoms with Crippen LogP contribution in [-0.4, -0.2) is 20.7 Å². The molecule has 0 unspecified atom stereocenters. The maximum Gasteiger partial charge on any atom is 0.293 e. The number of carbonyl (C=O) groups excluding carboxylic acids is 1. The van der Waals surface area contributed by atoms with E-state index in [9.17, 15) is 9.18 Å². The van der Waals surface area contributed by atoms with E-state index in [1.165, 1.54) is 18.2 Å². The highest BCUT2D eigenvalue weighted by Crippen LogP contribution is 2.16. The fourth-order valence-electron chi connectivity index (χ4n) is 2.18. The molecule has 6 heteroatoms. The molecule has 5 nitrogen and oxygen atoms in total. The fraction of sp³-hybridized carbons (Fsp3) is 0.0667. The molecule has 0 saturated carbocycles. The zero-order valence-electron chi connectivity index (χ0n) is 11.0. The van der Waals surface area contributed by atoms with Crippen molar-refractivity contribution in [1.82, 2.24) is 15.0 Å². The average molecular weight is 285 g/mol. The molecule has 0 bridgehead atoms. The van der Waals surface area contributed by atoms with E-state index in [1.807, 2.05) is 10.8 Å². The molecule has 2 N–H and O–H groups in total. The van der Waals surface area contributed by atoms with Crippen LogP contribution in [0.25, 0.3) is 11.0 Å². The van der Waals surface area contributed by atoms with Gasteiger partial charge in [-0.15, -0.1) is 0 Å². The summed E-state index contributed by atoms with van der Waals surface area (Å²) in [4.78, 5) is 15.5. The average Bonchev–Trinajstić information content (AvgIpc) is 2.91. The van der Waals surface area contributed by atoms with Crippen molar-refractivity contribution in [3.05, 3.63) is 65.7 Å². The standard InChI is InChI=1S/C15H12FN3O2/c16-11-3-1-10(2-4-11)9-19-8-7-12-14(19)6-5-13(17-12)15(20)18-21/h1-8,21H,9H2,(H,18,20). The van der Waals surface area contributed by atoms with E-state index in [0.717, 1.165) is 11.1 Å². The Bertz CT molecular complexity index is 796. The first-order chi connectivity index (χ1) is 10.2. The molecule has 21 heavy (non-hydrogen) atoms. The minimum Gasteiger partial charge on any atom is -0.342 e. The van der Waals surface area contributed by atoms with Gasteiger partial charge in [-0.25, -0.2) is 14.9 Å². The minimum absolute atomic E-state index is 0.143. The molecule has 3 rings (SSSR count). The van der Waals surface area contributed by atoms with Gasteiger partial charge in [-0.1, -0.05) is 12.1 Å². The number of fused-ring (bicyclic) bond motifs is 1. The van der Waals surface area contributed by atoms with E-state index in [-0.39, 0.29) is 11.5 Å². The Morgan fingerprint density at radius 2 is 1.95 bits per heavy atom.